The normalized spacial score (nSPS) is 11.2. The van der Waals surface area contributed by atoms with Crippen LogP contribution in [0.3, 0.4) is 0 Å². The largest absolute Gasteiger partial charge is 0.467 e. The van der Waals surface area contributed by atoms with Crippen molar-refractivity contribution >= 4 is 33.5 Å². The van der Waals surface area contributed by atoms with Gasteiger partial charge in [-0.25, -0.2) is 4.98 Å². The molecule has 3 aromatic rings. The maximum absolute atomic E-state index is 11.7. The van der Waals surface area contributed by atoms with Crippen LogP contribution < -0.4 is 5.32 Å². The zero-order valence-corrected chi connectivity index (χ0v) is 11.4. The minimum Gasteiger partial charge on any atom is -0.467 e. The van der Waals surface area contributed by atoms with Gasteiger partial charge in [0.1, 0.15) is 10.8 Å². The molecule has 0 atom stereocenters. The molecule has 0 unspecified atom stereocenters. The summed E-state index contributed by atoms with van der Waals surface area (Å²) in [5.41, 5.74) is 0.952. The number of hydrogen-bond acceptors (Lipinski definition) is 4. The van der Waals surface area contributed by atoms with Crippen LogP contribution in [0, 0.1) is 0 Å². The number of para-hydroxylation sites is 1. The minimum atomic E-state index is -0.166. The standard InChI is InChI=1S/C15H12N2O2S/c18-14(16-10-11-4-3-9-19-11)7-8-15-17-12-5-1-2-6-13(12)20-15/h1-9H,10H2,(H,16,18)/b8-7+. The molecule has 0 aliphatic heterocycles. The van der Waals surface area contributed by atoms with Crippen LogP contribution in [-0.4, -0.2) is 10.9 Å². The first-order chi connectivity index (χ1) is 9.81. The molecule has 3 rings (SSSR count). The summed E-state index contributed by atoms with van der Waals surface area (Å²) in [5.74, 6) is 0.562. The number of thiazole rings is 1. The van der Waals surface area contributed by atoms with E-state index in [1.807, 2.05) is 30.3 Å². The molecule has 0 aliphatic rings. The van der Waals surface area contributed by atoms with Gasteiger partial charge in [0.05, 0.1) is 23.0 Å². The first-order valence-electron chi connectivity index (χ1n) is 6.15. The summed E-state index contributed by atoms with van der Waals surface area (Å²) in [6.45, 7) is 0.385. The van der Waals surface area contributed by atoms with E-state index in [0.717, 1.165) is 21.0 Å². The fourth-order valence-electron chi connectivity index (χ4n) is 1.75. The molecule has 0 aliphatic carbocycles. The first-order valence-corrected chi connectivity index (χ1v) is 6.97. The van der Waals surface area contributed by atoms with Crippen molar-refractivity contribution in [2.75, 3.05) is 0 Å². The number of furan rings is 1. The van der Waals surface area contributed by atoms with Gasteiger partial charge in [-0.3, -0.25) is 4.79 Å². The van der Waals surface area contributed by atoms with Gasteiger partial charge in [0.15, 0.2) is 0 Å². The number of aromatic nitrogens is 1. The summed E-state index contributed by atoms with van der Waals surface area (Å²) in [7, 11) is 0. The third-order valence-electron chi connectivity index (χ3n) is 2.70. The van der Waals surface area contributed by atoms with Crippen molar-refractivity contribution < 1.29 is 9.21 Å². The van der Waals surface area contributed by atoms with E-state index in [9.17, 15) is 4.79 Å². The fourth-order valence-corrected chi connectivity index (χ4v) is 2.62. The molecule has 0 spiro atoms. The van der Waals surface area contributed by atoms with Gasteiger partial charge in [0.25, 0.3) is 0 Å². The average molecular weight is 284 g/mol. The second-order valence-electron chi connectivity index (χ2n) is 4.15. The Morgan fingerprint density at radius 2 is 2.20 bits per heavy atom. The molecule has 20 heavy (non-hydrogen) atoms. The number of benzene rings is 1. The van der Waals surface area contributed by atoms with Crippen molar-refractivity contribution in [1.82, 2.24) is 10.3 Å². The molecule has 2 heterocycles. The van der Waals surface area contributed by atoms with E-state index in [1.54, 1.807) is 29.7 Å². The average Bonchev–Trinajstić information content (AvgIpc) is 3.11. The summed E-state index contributed by atoms with van der Waals surface area (Å²) in [6.07, 6.45) is 4.79. The number of nitrogens with one attached hydrogen (secondary N) is 1. The molecule has 1 amide bonds. The van der Waals surface area contributed by atoms with E-state index in [4.69, 9.17) is 4.42 Å². The quantitative estimate of drug-likeness (QED) is 0.748. The van der Waals surface area contributed by atoms with Crippen LogP contribution in [0.1, 0.15) is 10.8 Å². The lowest BCUT2D eigenvalue weighted by atomic mass is 10.3. The Balaban J connectivity index is 1.62. The van der Waals surface area contributed by atoms with Crippen molar-refractivity contribution in [3.05, 3.63) is 59.5 Å². The first kappa shape index (κ1) is 12.6. The van der Waals surface area contributed by atoms with Gasteiger partial charge in [-0.1, -0.05) is 12.1 Å². The van der Waals surface area contributed by atoms with Crippen LogP contribution in [0.25, 0.3) is 16.3 Å². The van der Waals surface area contributed by atoms with Crippen LogP contribution in [0.15, 0.2) is 53.2 Å². The van der Waals surface area contributed by atoms with E-state index >= 15 is 0 Å². The SMILES string of the molecule is O=C(/C=C/c1nc2ccccc2s1)NCc1ccco1. The van der Waals surface area contributed by atoms with Gasteiger partial charge in [-0.2, -0.15) is 0 Å². The molecule has 1 aromatic carbocycles. The molecule has 0 saturated heterocycles. The number of rotatable bonds is 4. The summed E-state index contributed by atoms with van der Waals surface area (Å²) >= 11 is 1.56. The Morgan fingerprint density at radius 1 is 1.30 bits per heavy atom. The van der Waals surface area contributed by atoms with E-state index in [0.29, 0.717) is 6.54 Å². The Morgan fingerprint density at radius 3 is 3.00 bits per heavy atom. The molecule has 1 N–H and O–H groups in total. The highest BCUT2D eigenvalue weighted by atomic mass is 32.1. The van der Waals surface area contributed by atoms with Gasteiger partial charge in [-0.15, -0.1) is 11.3 Å². The van der Waals surface area contributed by atoms with E-state index in [2.05, 4.69) is 10.3 Å². The van der Waals surface area contributed by atoms with Crippen molar-refractivity contribution in [1.29, 1.82) is 0 Å². The smallest absolute Gasteiger partial charge is 0.244 e. The van der Waals surface area contributed by atoms with Crippen molar-refractivity contribution in [2.24, 2.45) is 0 Å². The number of hydrogen-bond donors (Lipinski definition) is 1. The third-order valence-corrected chi connectivity index (χ3v) is 3.71. The van der Waals surface area contributed by atoms with E-state index in [1.165, 1.54) is 6.08 Å². The summed E-state index contributed by atoms with van der Waals surface area (Å²) in [4.78, 5) is 16.1. The second-order valence-corrected chi connectivity index (χ2v) is 5.21. The van der Waals surface area contributed by atoms with Crippen molar-refractivity contribution in [3.8, 4) is 0 Å². The van der Waals surface area contributed by atoms with Gasteiger partial charge in [0.2, 0.25) is 5.91 Å². The lowest BCUT2D eigenvalue weighted by Gasteiger charge is -1.97. The third kappa shape index (κ3) is 2.95. The van der Waals surface area contributed by atoms with Crippen molar-refractivity contribution in [2.45, 2.75) is 6.54 Å². The van der Waals surface area contributed by atoms with Crippen LogP contribution in [0.4, 0.5) is 0 Å². The monoisotopic (exact) mass is 284 g/mol. The predicted molar refractivity (Wildman–Crippen MR) is 79.2 cm³/mol. The Labute approximate surface area is 119 Å². The molecule has 0 fully saturated rings. The molecular formula is C15H12N2O2S. The summed E-state index contributed by atoms with van der Waals surface area (Å²) in [6, 6.07) is 11.5. The molecule has 100 valence electrons. The zero-order valence-electron chi connectivity index (χ0n) is 10.6. The van der Waals surface area contributed by atoms with Gasteiger partial charge >= 0.3 is 0 Å². The lowest BCUT2D eigenvalue weighted by Crippen LogP contribution is -2.19. The number of carbonyl (C=O) groups is 1. The van der Waals surface area contributed by atoms with Gasteiger partial charge in [-0.05, 0) is 30.3 Å². The molecule has 0 bridgehead atoms. The number of carbonyl (C=O) groups excluding carboxylic acids is 1. The summed E-state index contributed by atoms with van der Waals surface area (Å²) < 4.78 is 6.25. The van der Waals surface area contributed by atoms with E-state index in [-0.39, 0.29) is 5.91 Å². The molecule has 5 heteroatoms. The minimum absolute atomic E-state index is 0.166. The predicted octanol–water partition coefficient (Wildman–Crippen LogP) is 3.22. The van der Waals surface area contributed by atoms with E-state index < -0.39 is 0 Å². The van der Waals surface area contributed by atoms with Crippen LogP contribution in [0.2, 0.25) is 0 Å². The Hall–Kier alpha value is -2.40. The van der Waals surface area contributed by atoms with Crippen molar-refractivity contribution in [3.63, 3.8) is 0 Å². The highest BCUT2D eigenvalue weighted by molar-refractivity contribution is 7.19. The molecule has 0 radical (unpaired) electrons. The lowest BCUT2D eigenvalue weighted by molar-refractivity contribution is -0.116. The molecule has 2 aromatic heterocycles. The maximum atomic E-state index is 11.7. The molecule has 0 saturated carbocycles. The fraction of sp³-hybridized carbons (Fsp3) is 0.0667. The Kier molecular flexibility index (Phi) is 3.60. The molecule has 4 nitrogen and oxygen atoms in total. The Bertz CT molecular complexity index is 711. The summed E-state index contributed by atoms with van der Waals surface area (Å²) in [5, 5.41) is 3.57. The maximum Gasteiger partial charge on any atom is 0.244 e. The topological polar surface area (TPSA) is 55.1 Å². The molecular weight excluding hydrogens is 272 g/mol. The number of amides is 1. The second kappa shape index (κ2) is 5.71. The van der Waals surface area contributed by atoms with Gasteiger partial charge < -0.3 is 9.73 Å². The van der Waals surface area contributed by atoms with Gasteiger partial charge in [0, 0.05) is 6.08 Å². The van der Waals surface area contributed by atoms with Crippen LogP contribution in [0.5, 0.6) is 0 Å². The van der Waals surface area contributed by atoms with Crippen LogP contribution in [-0.2, 0) is 11.3 Å². The number of nitrogens with zero attached hydrogens (tertiary/aromatic N) is 1. The highest BCUT2D eigenvalue weighted by Gasteiger charge is 2.01. The zero-order chi connectivity index (χ0) is 13.8. The highest BCUT2D eigenvalue weighted by Crippen LogP contribution is 2.22. The van der Waals surface area contributed by atoms with Crippen LogP contribution >= 0.6 is 11.3 Å². The number of fused-ring (bicyclic) bond motifs is 1.